The minimum atomic E-state index is -4.36. The second-order valence-corrected chi connectivity index (χ2v) is 7.65. The number of carbonyl (C=O) groups is 1. The number of piperazine rings is 1. The number of benzene rings is 1. The van der Waals surface area contributed by atoms with Crippen LogP contribution in [0.25, 0.3) is 0 Å². The van der Waals surface area contributed by atoms with Crippen molar-refractivity contribution in [2.75, 3.05) is 36.8 Å². The third-order valence-corrected chi connectivity index (χ3v) is 5.37. The van der Waals surface area contributed by atoms with Gasteiger partial charge in [0.1, 0.15) is 0 Å². The number of carbonyl (C=O) groups excluding carboxylic acids is 1. The van der Waals surface area contributed by atoms with Crippen molar-refractivity contribution in [2.24, 2.45) is 0 Å². The largest absolute Gasteiger partial charge is 0.416 e. The predicted octanol–water partition coefficient (Wildman–Crippen LogP) is 2.71. The number of aromatic nitrogens is 4. The van der Waals surface area contributed by atoms with Crippen molar-refractivity contribution in [3.63, 3.8) is 0 Å². The van der Waals surface area contributed by atoms with Crippen LogP contribution in [0.5, 0.6) is 0 Å². The fourth-order valence-corrected chi connectivity index (χ4v) is 3.82. The summed E-state index contributed by atoms with van der Waals surface area (Å²) in [7, 11) is 0. The Labute approximate surface area is 164 Å². The summed E-state index contributed by atoms with van der Waals surface area (Å²) in [5.74, 6) is 0.184. The summed E-state index contributed by atoms with van der Waals surface area (Å²) in [5.41, 5.74) is -0.143. The number of hydrogen-bond donors (Lipinski definition) is 0. The van der Waals surface area contributed by atoms with Gasteiger partial charge in [-0.1, -0.05) is 17.8 Å². The Bertz CT molecular complexity index is 817. The smallest absolute Gasteiger partial charge is 0.368 e. The molecule has 3 rings (SSSR count). The van der Waals surface area contributed by atoms with Crippen molar-refractivity contribution in [1.29, 1.82) is 0 Å². The zero-order valence-corrected chi connectivity index (χ0v) is 16.4. The van der Waals surface area contributed by atoms with Gasteiger partial charge in [0.15, 0.2) is 0 Å². The highest BCUT2D eigenvalue weighted by Gasteiger charge is 2.31. The highest BCUT2D eigenvalue weighted by molar-refractivity contribution is 7.99. The van der Waals surface area contributed by atoms with E-state index in [0.717, 1.165) is 12.1 Å². The molecule has 0 atom stereocenters. The molecule has 0 N–H and O–H groups in total. The van der Waals surface area contributed by atoms with E-state index >= 15 is 0 Å². The average Bonchev–Trinajstić information content (AvgIpc) is 3.15. The van der Waals surface area contributed by atoms with E-state index in [1.165, 1.54) is 17.8 Å². The van der Waals surface area contributed by atoms with E-state index in [4.69, 9.17) is 0 Å². The van der Waals surface area contributed by atoms with Crippen LogP contribution in [-0.4, -0.2) is 62.9 Å². The quantitative estimate of drug-likeness (QED) is 0.701. The first kappa shape index (κ1) is 20.4. The van der Waals surface area contributed by atoms with Gasteiger partial charge >= 0.3 is 6.18 Å². The van der Waals surface area contributed by atoms with Crippen molar-refractivity contribution in [1.82, 2.24) is 25.1 Å². The van der Waals surface area contributed by atoms with E-state index in [-0.39, 0.29) is 17.7 Å². The lowest BCUT2D eigenvalue weighted by Crippen LogP contribution is -2.49. The van der Waals surface area contributed by atoms with Gasteiger partial charge in [-0.2, -0.15) is 13.2 Å². The minimum absolute atomic E-state index is 0.0352. The third kappa shape index (κ3) is 4.75. The van der Waals surface area contributed by atoms with Crippen molar-refractivity contribution in [2.45, 2.75) is 31.2 Å². The first-order chi connectivity index (χ1) is 13.3. The maximum absolute atomic E-state index is 12.9. The molecule has 1 aliphatic heterocycles. The van der Waals surface area contributed by atoms with Crippen LogP contribution in [0.4, 0.5) is 18.9 Å². The van der Waals surface area contributed by atoms with Crippen LogP contribution in [0.3, 0.4) is 0 Å². The Kier molecular flexibility index (Phi) is 6.11. The minimum Gasteiger partial charge on any atom is -0.368 e. The van der Waals surface area contributed by atoms with Crippen LogP contribution in [0.15, 0.2) is 29.4 Å². The van der Waals surface area contributed by atoms with Crippen LogP contribution in [0.1, 0.15) is 25.5 Å². The molecule has 0 radical (unpaired) electrons. The molecule has 1 aromatic carbocycles. The summed E-state index contributed by atoms with van der Waals surface area (Å²) >= 11 is 1.28. The number of halogens is 3. The van der Waals surface area contributed by atoms with Crippen molar-refractivity contribution < 1.29 is 18.0 Å². The molecule has 1 saturated heterocycles. The molecule has 1 amide bonds. The number of thioether (sulfide) groups is 1. The summed E-state index contributed by atoms with van der Waals surface area (Å²) in [6.45, 7) is 5.81. The number of tetrazole rings is 1. The van der Waals surface area contributed by atoms with Gasteiger partial charge in [-0.05, 0) is 42.5 Å². The fraction of sp³-hybridized carbons (Fsp3) is 0.529. The normalized spacial score (nSPS) is 15.4. The molecule has 0 unspecified atom stereocenters. The molecule has 1 fully saturated rings. The third-order valence-electron chi connectivity index (χ3n) is 4.45. The Hall–Kier alpha value is -2.30. The van der Waals surface area contributed by atoms with Crippen molar-refractivity contribution >= 4 is 23.4 Å². The number of anilines is 1. The summed E-state index contributed by atoms with van der Waals surface area (Å²) < 4.78 is 40.3. The molecule has 11 heteroatoms. The molecular weight excluding hydrogens is 393 g/mol. The molecule has 0 saturated carbocycles. The summed E-state index contributed by atoms with van der Waals surface area (Å²) in [6, 6.07) is 5.38. The van der Waals surface area contributed by atoms with Crippen LogP contribution in [-0.2, 0) is 11.0 Å². The molecule has 28 heavy (non-hydrogen) atoms. The van der Waals surface area contributed by atoms with Gasteiger partial charge in [0.25, 0.3) is 0 Å². The molecule has 0 bridgehead atoms. The Morgan fingerprint density at radius 1 is 1.21 bits per heavy atom. The van der Waals surface area contributed by atoms with Gasteiger partial charge in [0.2, 0.25) is 11.1 Å². The molecule has 2 heterocycles. The van der Waals surface area contributed by atoms with Crippen LogP contribution in [0.2, 0.25) is 0 Å². The highest BCUT2D eigenvalue weighted by atomic mass is 32.2. The highest BCUT2D eigenvalue weighted by Crippen LogP contribution is 2.32. The topological polar surface area (TPSA) is 67.2 Å². The van der Waals surface area contributed by atoms with Gasteiger partial charge in [0, 0.05) is 31.9 Å². The summed E-state index contributed by atoms with van der Waals surface area (Å²) in [5, 5.41) is 12.0. The molecule has 1 aliphatic rings. The fourth-order valence-electron chi connectivity index (χ4n) is 2.92. The van der Waals surface area contributed by atoms with Gasteiger partial charge in [-0.25, -0.2) is 4.68 Å². The lowest BCUT2D eigenvalue weighted by Gasteiger charge is -2.36. The molecule has 152 valence electrons. The Balaban J connectivity index is 1.54. The standard InChI is InChI=1S/C17H21F3N6OS/c1-12(2)26-16(21-22-23-26)28-11-15(27)25-8-6-24(7-9-25)14-5-3-4-13(10-14)17(18,19)20/h3-5,10,12H,6-9,11H2,1-2H3. The van der Waals surface area contributed by atoms with E-state index in [2.05, 4.69) is 15.5 Å². The first-order valence-electron chi connectivity index (χ1n) is 8.86. The van der Waals surface area contributed by atoms with Gasteiger partial charge in [-0.15, -0.1) is 5.10 Å². The monoisotopic (exact) mass is 414 g/mol. The SMILES string of the molecule is CC(C)n1nnnc1SCC(=O)N1CCN(c2cccc(C(F)(F)F)c2)CC1. The molecule has 1 aromatic heterocycles. The zero-order valence-electron chi connectivity index (χ0n) is 15.6. The second-order valence-electron chi connectivity index (χ2n) is 6.70. The Morgan fingerprint density at radius 2 is 1.93 bits per heavy atom. The number of alkyl halides is 3. The number of rotatable bonds is 5. The summed E-state index contributed by atoms with van der Waals surface area (Å²) in [4.78, 5) is 16.1. The molecule has 2 aromatic rings. The first-order valence-corrected chi connectivity index (χ1v) is 9.85. The molecular formula is C17H21F3N6OS. The van der Waals surface area contributed by atoms with Gasteiger partial charge in [-0.3, -0.25) is 4.79 Å². The maximum Gasteiger partial charge on any atom is 0.416 e. The number of nitrogens with zero attached hydrogens (tertiary/aromatic N) is 6. The lowest BCUT2D eigenvalue weighted by atomic mass is 10.1. The molecule has 0 aliphatic carbocycles. The molecule has 7 nitrogen and oxygen atoms in total. The zero-order chi connectivity index (χ0) is 20.3. The van der Waals surface area contributed by atoms with E-state index in [9.17, 15) is 18.0 Å². The van der Waals surface area contributed by atoms with Gasteiger partial charge in [0.05, 0.1) is 17.4 Å². The van der Waals surface area contributed by atoms with Gasteiger partial charge < -0.3 is 9.80 Å². The van der Waals surface area contributed by atoms with Crippen LogP contribution < -0.4 is 4.90 Å². The van der Waals surface area contributed by atoms with E-state index < -0.39 is 11.7 Å². The van der Waals surface area contributed by atoms with E-state index in [1.807, 2.05) is 18.7 Å². The number of hydrogen-bond acceptors (Lipinski definition) is 6. The predicted molar refractivity (Wildman–Crippen MR) is 99.2 cm³/mol. The van der Waals surface area contributed by atoms with Crippen molar-refractivity contribution in [3.05, 3.63) is 29.8 Å². The molecule has 0 spiro atoms. The van der Waals surface area contributed by atoms with E-state index in [1.54, 1.807) is 15.6 Å². The van der Waals surface area contributed by atoms with E-state index in [0.29, 0.717) is 37.0 Å². The lowest BCUT2D eigenvalue weighted by molar-refractivity contribution is -0.137. The van der Waals surface area contributed by atoms with Crippen LogP contribution >= 0.6 is 11.8 Å². The Morgan fingerprint density at radius 3 is 2.57 bits per heavy atom. The number of amides is 1. The maximum atomic E-state index is 12.9. The average molecular weight is 414 g/mol. The van der Waals surface area contributed by atoms with Crippen LogP contribution in [0, 0.1) is 0 Å². The van der Waals surface area contributed by atoms with Crippen molar-refractivity contribution in [3.8, 4) is 0 Å². The summed E-state index contributed by atoms with van der Waals surface area (Å²) in [6.07, 6.45) is -4.36. The second kappa shape index (κ2) is 8.38.